The predicted molar refractivity (Wildman–Crippen MR) is 128 cm³/mol. The number of ether oxygens (including phenoxy) is 2. The smallest absolute Gasteiger partial charge is 0.341 e. The number of furan rings is 1. The largest absolute Gasteiger partial charge is 0.467 e. The molecule has 1 aromatic carbocycles. The molecule has 1 saturated heterocycles. The lowest BCUT2D eigenvalue weighted by Crippen LogP contribution is -2.28. The zero-order valence-electron chi connectivity index (χ0n) is 19.0. The summed E-state index contributed by atoms with van der Waals surface area (Å²) in [6.07, 6.45) is 1.53. The maximum Gasteiger partial charge on any atom is 0.341 e. The van der Waals surface area contributed by atoms with Gasteiger partial charge in [-0.1, -0.05) is 30.3 Å². The fourth-order valence-electron chi connectivity index (χ4n) is 3.68. The van der Waals surface area contributed by atoms with Gasteiger partial charge in [-0.05, 0) is 30.7 Å². The second-order valence-electron chi connectivity index (χ2n) is 7.85. The number of carbonyl (C=O) groups excluding carboxylic acids is 4. The van der Waals surface area contributed by atoms with E-state index in [-0.39, 0.29) is 37.6 Å². The van der Waals surface area contributed by atoms with Crippen molar-refractivity contribution in [2.45, 2.75) is 19.9 Å². The van der Waals surface area contributed by atoms with Crippen molar-refractivity contribution >= 4 is 40.1 Å². The first-order valence-electron chi connectivity index (χ1n) is 11.1. The molecule has 2 amide bonds. The summed E-state index contributed by atoms with van der Waals surface area (Å²) in [5, 5.41) is 2.95. The molecule has 9 nitrogen and oxygen atoms in total. The van der Waals surface area contributed by atoms with Crippen molar-refractivity contribution in [3.8, 4) is 10.4 Å². The Morgan fingerprint density at radius 3 is 2.66 bits per heavy atom. The SMILES string of the molecule is CCOC(=O)c1cc(-c2ccccc2)sc1NC(=O)COC(=O)C1CC(=O)N(Cc2ccco2)C1. The van der Waals surface area contributed by atoms with E-state index in [1.54, 1.807) is 25.1 Å². The van der Waals surface area contributed by atoms with Crippen LogP contribution >= 0.6 is 11.3 Å². The topological polar surface area (TPSA) is 115 Å². The van der Waals surface area contributed by atoms with Gasteiger partial charge in [0.15, 0.2) is 6.61 Å². The third kappa shape index (κ3) is 5.96. The van der Waals surface area contributed by atoms with Gasteiger partial charge in [0.05, 0.1) is 30.9 Å². The summed E-state index contributed by atoms with van der Waals surface area (Å²) in [6, 6.07) is 14.6. The number of nitrogens with zero attached hydrogens (tertiary/aromatic N) is 1. The molecule has 35 heavy (non-hydrogen) atoms. The Kier molecular flexibility index (Phi) is 7.61. The quantitative estimate of drug-likeness (QED) is 0.449. The third-order valence-corrected chi connectivity index (χ3v) is 6.46. The van der Waals surface area contributed by atoms with Crippen LogP contribution < -0.4 is 5.32 Å². The zero-order chi connectivity index (χ0) is 24.8. The van der Waals surface area contributed by atoms with Crippen molar-refractivity contribution in [3.05, 3.63) is 66.1 Å². The Labute approximate surface area is 205 Å². The molecule has 0 saturated carbocycles. The molecule has 3 heterocycles. The highest BCUT2D eigenvalue weighted by molar-refractivity contribution is 7.20. The van der Waals surface area contributed by atoms with E-state index in [1.807, 2.05) is 30.3 Å². The number of thiophene rings is 1. The Morgan fingerprint density at radius 1 is 1.14 bits per heavy atom. The minimum Gasteiger partial charge on any atom is -0.467 e. The molecule has 2 aromatic heterocycles. The number of esters is 2. The first kappa shape index (κ1) is 24.2. The summed E-state index contributed by atoms with van der Waals surface area (Å²) in [5.74, 6) is -2.00. The van der Waals surface area contributed by atoms with E-state index < -0.39 is 30.4 Å². The molecule has 1 N–H and O–H groups in total. The molecule has 0 radical (unpaired) electrons. The number of hydrogen-bond acceptors (Lipinski definition) is 8. The Morgan fingerprint density at radius 2 is 1.94 bits per heavy atom. The highest BCUT2D eigenvalue weighted by atomic mass is 32.1. The number of likely N-dealkylation sites (tertiary alicyclic amines) is 1. The van der Waals surface area contributed by atoms with Gasteiger partial charge in [0.2, 0.25) is 5.91 Å². The average Bonchev–Trinajstić information content (AvgIpc) is 3.60. The van der Waals surface area contributed by atoms with Crippen molar-refractivity contribution in [2.24, 2.45) is 5.92 Å². The van der Waals surface area contributed by atoms with Crippen molar-refractivity contribution in [2.75, 3.05) is 25.1 Å². The second kappa shape index (κ2) is 11.0. The maximum atomic E-state index is 12.5. The number of nitrogens with one attached hydrogen (secondary N) is 1. The molecule has 10 heteroatoms. The van der Waals surface area contributed by atoms with Crippen LogP contribution in [-0.2, 0) is 30.4 Å². The number of anilines is 1. The van der Waals surface area contributed by atoms with Gasteiger partial charge in [-0.2, -0.15) is 0 Å². The fraction of sp³-hybridized carbons (Fsp3) is 0.280. The lowest BCUT2D eigenvalue weighted by molar-refractivity contribution is -0.151. The Hall–Kier alpha value is -3.92. The molecule has 1 unspecified atom stereocenters. The number of carbonyl (C=O) groups is 4. The minimum atomic E-state index is -0.660. The molecule has 182 valence electrons. The number of hydrogen-bond donors (Lipinski definition) is 1. The van der Waals surface area contributed by atoms with E-state index >= 15 is 0 Å². The first-order chi connectivity index (χ1) is 16.9. The summed E-state index contributed by atoms with van der Waals surface area (Å²) in [5.41, 5.74) is 1.12. The van der Waals surface area contributed by atoms with E-state index in [0.29, 0.717) is 10.8 Å². The second-order valence-corrected chi connectivity index (χ2v) is 8.90. The van der Waals surface area contributed by atoms with E-state index in [9.17, 15) is 19.2 Å². The average molecular weight is 497 g/mol. The summed E-state index contributed by atoms with van der Waals surface area (Å²) in [7, 11) is 0. The van der Waals surface area contributed by atoms with Gasteiger partial charge in [0.1, 0.15) is 10.8 Å². The molecule has 1 aliphatic heterocycles. The highest BCUT2D eigenvalue weighted by Gasteiger charge is 2.36. The third-order valence-electron chi connectivity index (χ3n) is 5.36. The number of rotatable bonds is 9. The minimum absolute atomic E-state index is 0.0134. The van der Waals surface area contributed by atoms with Gasteiger partial charge in [0.25, 0.3) is 5.91 Å². The Balaban J connectivity index is 1.35. The normalized spacial score (nSPS) is 15.2. The van der Waals surface area contributed by atoms with Crippen molar-refractivity contribution in [1.29, 1.82) is 0 Å². The number of amides is 2. The van der Waals surface area contributed by atoms with E-state index in [4.69, 9.17) is 13.9 Å². The van der Waals surface area contributed by atoms with Crippen molar-refractivity contribution in [3.63, 3.8) is 0 Å². The van der Waals surface area contributed by atoms with Crippen molar-refractivity contribution < 1.29 is 33.1 Å². The van der Waals surface area contributed by atoms with Gasteiger partial charge in [-0.15, -0.1) is 11.3 Å². The molecule has 1 atom stereocenters. The summed E-state index contributed by atoms with van der Waals surface area (Å²) >= 11 is 1.22. The molecule has 0 bridgehead atoms. The fourth-order valence-corrected chi connectivity index (χ4v) is 4.75. The molecular weight excluding hydrogens is 472 g/mol. The van der Waals surface area contributed by atoms with Crippen LogP contribution in [0, 0.1) is 5.92 Å². The first-order valence-corrected chi connectivity index (χ1v) is 11.9. The van der Waals surface area contributed by atoms with Gasteiger partial charge >= 0.3 is 11.9 Å². The highest BCUT2D eigenvalue weighted by Crippen LogP contribution is 2.36. The Bertz CT molecular complexity index is 1200. The van der Waals surface area contributed by atoms with Gasteiger partial charge in [0, 0.05) is 17.8 Å². The lowest BCUT2D eigenvalue weighted by Gasteiger charge is -2.14. The van der Waals surface area contributed by atoms with Crippen LogP contribution in [0.3, 0.4) is 0 Å². The van der Waals surface area contributed by atoms with Crippen LogP contribution in [0.5, 0.6) is 0 Å². The number of benzene rings is 1. The molecule has 1 fully saturated rings. The molecule has 3 aromatic rings. The van der Waals surface area contributed by atoms with Crippen LogP contribution in [0.15, 0.2) is 59.2 Å². The van der Waals surface area contributed by atoms with Crippen molar-refractivity contribution in [1.82, 2.24) is 4.90 Å². The monoisotopic (exact) mass is 496 g/mol. The van der Waals surface area contributed by atoms with Crippen LogP contribution in [0.1, 0.15) is 29.5 Å². The van der Waals surface area contributed by atoms with E-state index in [2.05, 4.69) is 5.32 Å². The van der Waals surface area contributed by atoms with Crippen LogP contribution in [-0.4, -0.2) is 48.4 Å². The summed E-state index contributed by atoms with van der Waals surface area (Å²) in [4.78, 5) is 51.9. The predicted octanol–water partition coefficient (Wildman–Crippen LogP) is 3.72. The zero-order valence-corrected chi connectivity index (χ0v) is 19.8. The molecule has 4 rings (SSSR count). The van der Waals surface area contributed by atoms with Gasteiger partial charge in [-0.25, -0.2) is 4.79 Å². The molecule has 1 aliphatic rings. The summed E-state index contributed by atoms with van der Waals surface area (Å²) in [6.45, 7) is 1.82. The van der Waals surface area contributed by atoms with E-state index in [0.717, 1.165) is 10.4 Å². The molecule has 0 spiro atoms. The van der Waals surface area contributed by atoms with Crippen LogP contribution in [0.25, 0.3) is 10.4 Å². The standard InChI is InChI=1S/C25H24N2O7S/c1-2-32-25(31)19-12-20(16-7-4-3-5-8-16)35-23(19)26-21(28)15-34-24(30)17-11-22(29)27(13-17)14-18-9-6-10-33-18/h3-10,12,17H,2,11,13-15H2,1H3,(H,26,28). The van der Waals surface area contributed by atoms with Crippen LogP contribution in [0.2, 0.25) is 0 Å². The van der Waals surface area contributed by atoms with Gasteiger partial charge < -0.3 is 24.1 Å². The molecular formula is C25H24N2O7S. The van der Waals surface area contributed by atoms with Crippen LogP contribution in [0.4, 0.5) is 5.00 Å². The maximum absolute atomic E-state index is 12.5. The van der Waals surface area contributed by atoms with E-state index in [1.165, 1.54) is 22.5 Å². The van der Waals surface area contributed by atoms with Gasteiger partial charge in [-0.3, -0.25) is 14.4 Å². The lowest BCUT2D eigenvalue weighted by atomic mass is 10.1. The summed E-state index contributed by atoms with van der Waals surface area (Å²) < 4.78 is 15.5. The molecule has 0 aliphatic carbocycles.